The first-order chi connectivity index (χ1) is 18.5. The van der Waals surface area contributed by atoms with Crippen LogP contribution in [0.15, 0.2) is 47.4 Å². The van der Waals surface area contributed by atoms with Gasteiger partial charge in [-0.1, -0.05) is 30.3 Å². The van der Waals surface area contributed by atoms with Crippen LogP contribution in [0.2, 0.25) is 0 Å². The Labute approximate surface area is 229 Å². The van der Waals surface area contributed by atoms with Gasteiger partial charge in [-0.2, -0.15) is 13.2 Å². The van der Waals surface area contributed by atoms with E-state index >= 15 is 4.39 Å². The fourth-order valence-corrected chi connectivity index (χ4v) is 5.75. The Morgan fingerprint density at radius 3 is 2.33 bits per heavy atom. The molecule has 1 aliphatic heterocycles. The van der Waals surface area contributed by atoms with Gasteiger partial charge in [-0.15, -0.1) is 0 Å². The van der Waals surface area contributed by atoms with Gasteiger partial charge in [0.1, 0.15) is 17.5 Å². The van der Waals surface area contributed by atoms with Crippen molar-refractivity contribution in [3.05, 3.63) is 59.4 Å². The first-order valence-electron chi connectivity index (χ1n) is 12.5. The topological polar surface area (TPSA) is 110 Å². The summed E-state index contributed by atoms with van der Waals surface area (Å²) in [6, 6.07) is 8.40. The van der Waals surface area contributed by atoms with Gasteiger partial charge in [-0.3, -0.25) is 9.59 Å². The minimum absolute atomic E-state index is 0.165. The highest BCUT2D eigenvalue weighted by Gasteiger charge is 2.40. The minimum Gasteiger partial charge on any atom is -0.444 e. The number of Topliss-reactive ketones (excluding diaryl/α,β-unsaturated/α-hetero) is 1. The SMILES string of the molecule is CC(C)(C)OC(=O)N[C@H]1CS(=O)(=O)c2cc(F)c(C(=O)CCCCC(F)(F)F)cc2N(Cc2ccccc2)C1=O. The lowest BCUT2D eigenvalue weighted by Gasteiger charge is -2.27. The quantitative estimate of drug-likeness (QED) is 0.254. The lowest BCUT2D eigenvalue weighted by molar-refractivity contribution is -0.135. The standard InChI is InChI=1S/C27H30F4N2O6S/c1-26(2,3)39-25(36)32-20-16-40(37,38)23-14-19(28)18(22(34)11-7-8-12-27(29,30)31)13-21(23)33(24(20)35)15-17-9-5-4-6-10-17/h4-6,9-10,13-14,20H,7-8,11-12,15-16H2,1-3H3,(H,32,36)/t20-/m0/s1. The molecule has 0 aliphatic carbocycles. The summed E-state index contributed by atoms with van der Waals surface area (Å²) in [5.74, 6) is -3.76. The molecule has 0 radical (unpaired) electrons. The van der Waals surface area contributed by atoms with Crippen LogP contribution in [0.4, 0.5) is 28.0 Å². The minimum atomic E-state index is -4.39. The first-order valence-corrected chi connectivity index (χ1v) is 14.1. The van der Waals surface area contributed by atoms with Crippen molar-refractivity contribution < 1.29 is 45.1 Å². The Hall–Kier alpha value is -3.48. The molecule has 0 bridgehead atoms. The van der Waals surface area contributed by atoms with Crippen LogP contribution in [0.1, 0.15) is 62.4 Å². The Morgan fingerprint density at radius 1 is 1.07 bits per heavy atom. The second-order valence-electron chi connectivity index (χ2n) is 10.4. The van der Waals surface area contributed by atoms with Crippen molar-refractivity contribution >= 4 is 33.3 Å². The van der Waals surface area contributed by atoms with Gasteiger partial charge in [0.15, 0.2) is 15.6 Å². The smallest absolute Gasteiger partial charge is 0.408 e. The molecule has 13 heteroatoms. The van der Waals surface area contributed by atoms with Gasteiger partial charge < -0.3 is 15.0 Å². The zero-order valence-electron chi connectivity index (χ0n) is 22.2. The Kier molecular flexibility index (Phi) is 9.28. The highest BCUT2D eigenvalue weighted by Crippen LogP contribution is 2.35. The largest absolute Gasteiger partial charge is 0.444 e. The fourth-order valence-electron chi connectivity index (χ4n) is 4.13. The number of nitrogens with zero attached hydrogens (tertiary/aromatic N) is 1. The molecule has 0 fully saturated rings. The molecule has 0 aromatic heterocycles. The van der Waals surface area contributed by atoms with E-state index in [1.54, 1.807) is 51.1 Å². The zero-order valence-corrected chi connectivity index (χ0v) is 23.0. The molecule has 2 aromatic rings. The predicted octanol–water partition coefficient (Wildman–Crippen LogP) is 5.34. The molecule has 3 rings (SSSR count). The van der Waals surface area contributed by atoms with E-state index in [0.29, 0.717) is 11.6 Å². The average molecular weight is 587 g/mol. The molecule has 8 nitrogen and oxygen atoms in total. The van der Waals surface area contributed by atoms with Crippen LogP contribution in [-0.4, -0.2) is 49.8 Å². The maximum atomic E-state index is 15.1. The van der Waals surface area contributed by atoms with E-state index in [-0.39, 0.29) is 25.1 Å². The summed E-state index contributed by atoms with van der Waals surface area (Å²) in [7, 11) is -4.39. The number of sulfone groups is 1. The molecule has 1 N–H and O–H groups in total. The maximum Gasteiger partial charge on any atom is 0.408 e. The van der Waals surface area contributed by atoms with Crippen LogP contribution >= 0.6 is 0 Å². The summed E-state index contributed by atoms with van der Waals surface area (Å²) in [5, 5.41) is 2.29. The molecule has 1 heterocycles. The van der Waals surface area contributed by atoms with Gasteiger partial charge in [-0.05, 0) is 51.3 Å². The van der Waals surface area contributed by atoms with Crippen molar-refractivity contribution in [1.29, 1.82) is 0 Å². The van der Waals surface area contributed by atoms with Crippen LogP contribution < -0.4 is 10.2 Å². The number of carbonyl (C=O) groups excluding carboxylic acids is 3. The molecule has 0 unspecified atom stereocenters. The number of anilines is 1. The van der Waals surface area contributed by atoms with E-state index in [2.05, 4.69) is 5.32 Å². The van der Waals surface area contributed by atoms with E-state index in [9.17, 15) is 36.0 Å². The molecule has 1 atom stereocenters. The van der Waals surface area contributed by atoms with Crippen LogP contribution in [0.5, 0.6) is 0 Å². The van der Waals surface area contributed by atoms with Crippen LogP contribution in [0, 0.1) is 5.82 Å². The van der Waals surface area contributed by atoms with Crippen LogP contribution in [-0.2, 0) is 25.9 Å². The summed E-state index contributed by atoms with van der Waals surface area (Å²) < 4.78 is 84.2. The Morgan fingerprint density at radius 2 is 1.73 bits per heavy atom. The molecule has 40 heavy (non-hydrogen) atoms. The summed E-state index contributed by atoms with van der Waals surface area (Å²) in [4.78, 5) is 39.4. The average Bonchev–Trinajstić information content (AvgIpc) is 2.89. The number of carbonyl (C=O) groups is 3. The molecule has 2 aromatic carbocycles. The van der Waals surface area contributed by atoms with Crippen molar-refractivity contribution in [1.82, 2.24) is 5.32 Å². The second-order valence-corrected chi connectivity index (χ2v) is 12.4. The lowest BCUT2D eigenvalue weighted by atomic mass is 10.0. The zero-order chi connectivity index (χ0) is 29.9. The predicted molar refractivity (Wildman–Crippen MR) is 138 cm³/mol. The summed E-state index contributed by atoms with van der Waals surface area (Å²) in [5.41, 5.74) is -1.20. The number of nitrogens with one attached hydrogen (secondary N) is 1. The summed E-state index contributed by atoms with van der Waals surface area (Å²) in [6.07, 6.45) is -7.44. The number of halogens is 4. The highest BCUT2D eigenvalue weighted by atomic mass is 32.2. The lowest BCUT2D eigenvalue weighted by Crippen LogP contribution is -2.51. The number of ketones is 1. The molecule has 2 amide bonds. The molecule has 1 aliphatic rings. The normalized spacial score (nSPS) is 17.1. The van der Waals surface area contributed by atoms with Gasteiger partial charge in [0, 0.05) is 12.8 Å². The van der Waals surface area contributed by atoms with Crippen molar-refractivity contribution in [3.63, 3.8) is 0 Å². The van der Waals surface area contributed by atoms with Crippen molar-refractivity contribution in [2.75, 3.05) is 10.7 Å². The Balaban J connectivity index is 2.02. The van der Waals surface area contributed by atoms with Crippen molar-refractivity contribution in [2.45, 2.75) is 75.7 Å². The highest BCUT2D eigenvalue weighted by molar-refractivity contribution is 7.91. The van der Waals surface area contributed by atoms with Crippen molar-refractivity contribution in [2.24, 2.45) is 0 Å². The van der Waals surface area contributed by atoms with Crippen LogP contribution in [0.25, 0.3) is 0 Å². The summed E-state index contributed by atoms with van der Waals surface area (Å²) >= 11 is 0. The molecule has 218 valence electrons. The van der Waals surface area contributed by atoms with E-state index in [0.717, 1.165) is 11.0 Å². The third-order valence-corrected chi connectivity index (χ3v) is 7.68. The molecule has 0 saturated heterocycles. The first kappa shape index (κ1) is 31.1. The number of unbranched alkanes of at least 4 members (excludes halogenated alkanes) is 1. The summed E-state index contributed by atoms with van der Waals surface area (Å²) in [6.45, 7) is 4.57. The number of fused-ring (bicyclic) bond motifs is 1. The van der Waals surface area contributed by atoms with Gasteiger partial charge in [-0.25, -0.2) is 17.6 Å². The number of ether oxygens (including phenoxy) is 1. The van der Waals surface area contributed by atoms with E-state index < -0.39 is 80.3 Å². The van der Waals surface area contributed by atoms with Crippen LogP contribution in [0.3, 0.4) is 0 Å². The Bertz CT molecular complexity index is 1370. The van der Waals surface area contributed by atoms with Crippen molar-refractivity contribution in [3.8, 4) is 0 Å². The number of rotatable bonds is 8. The molecular formula is C27H30F4N2O6S. The molecule has 0 saturated carbocycles. The molecule has 0 spiro atoms. The number of hydrogen-bond donors (Lipinski definition) is 1. The third kappa shape index (κ3) is 8.26. The second kappa shape index (κ2) is 11.9. The van der Waals surface area contributed by atoms with Gasteiger partial charge in [0.25, 0.3) is 5.91 Å². The van der Waals surface area contributed by atoms with E-state index in [1.165, 1.54) is 0 Å². The van der Waals surface area contributed by atoms with E-state index in [1.807, 2.05) is 0 Å². The number of amides is 2. The number of benzene rings is 2. The molecular weight excluding hydrogens is 556 g/mol. The number of hydrogen-bond acceptors (Lipinski definition) is 6. The van der Waals surface area contributed by atoms with Gasteiger partial charge in [0.05, 0.1) is 28.4 Å². The maximum absolute atomic E-state index is 15.1. The van der Waals surface area contributed by atoms with Gasteiger partial charge in [0.2, 0.25) is 0 Å². The number of alkyl halides is 3. The number of alkyl carbamates (subject to hydrolysis) is 1. The fraction of sp³-hybridized carbons (Fsp3) is 0.444. The monoisotopic (exact) mass is 586 g/mol. The van der Waals surface area contributed by atoms with E-state index in [4.69, 9.17) is 4.74 Å². The third-order valence-electron chi connectivity index (χ3n) is 5.91. The van der Waals surface area contributed by atoms with Gasteiger partial charge >= 0.3 is 12.3 Å².